The molecule has 4 rings (SSSR count). The molecule has 0 bridgehead atoms. The van der Waals surface area contributed by atoms with Crippen LogP contribution in [0, 0.1) is 5.82 Å². The van der Waals surface area contributed by atoms with E-state index in [-0.39, 0.29) is 17.4 Å². The fraction of sp³-hybridized carbons (Fsp3) is 0.316. The number of rotatable bonds is 4. The number of nitrogens with one attached hydrogen (secondary N) is 1. The maximum absolute atomic E-state index is 13.3. The minimum atomic E-state index is -0.326. The van der Waals surface area contributed by atoms with E-state index in [9.17, 15) is 9.18 Å². The Morgan fingerprint density at radius 2 is 1.85 bits per heavy atom. The third-order valence-corrected chi connectivity index (χ3v) is 4.42. The number of hydrogen-bond donors (Lipinski definition) is 1. The van der Waals surface area contributed by atoms with E-state index >= 15 is 0 Å². The average Bonchev–Trinajstić information content (AvgIpc) is 3.18. The molecular formula is C19H20FN5O. The van der Waals surface area contributed by atoms with Crippen LogP contribution in [0.3, 0.4) is 0 Å². The van der Waals surface area contributed by atoms with Gasteiger partial charge in [0.2, 0.25) is 5.95 Å². The second kappa shape index (κ2) is 6.40. The van der Waals surface area contributed by atoms with E-state index in [2.05, 4.69) is 15.3 Å². The zero-order chi connectivity index (χ0) is 18.3. The summed E-state index contributed by atoms with van der Waals surface area (Å²) >= 11 is 0. The van der Waals surface area contributed by atoms with Crippen molar-refractivity contribution in [3.63, 3.8) is 0 Å². The molecule has 1 aromatic carbocycles. The number of halogens is 1. The van der Waals surface area contributed by atoms with Gasteiger partial charge in [0.05, 0.1) is 17.0 Å². The Bertz CT molecular complexity index is 1000. The molecule has 0 amide bonds. The van der Waals surface area contributed by atoms with Crippen molar-refractivity contribution in [2.24, 2.45) is 0 Å². The van der Waals surface area contributed by atoms with Crippen LogP contribution in [0.1, 0.15) is 20.3 Å². The number of nitrogens with zero attached hydrogens (tertiary/aromatic N) is 4. The molecule has 0 atom stereocenters. The zero-order valence-electron chi connectivity index (χ0n) is 14.7. The van der Waals surface area contributed by atoms with E-state index in [0.717, 1.165) is 18.7 Å². The summed E-state index contributed by atoms with van der Waals surface area (Å²) in [6.45, 7) is 5.46. The quantitative estimate of drug-likeness (QED) is 0.783. The van der Waals surface area contributed by atoms with E-state index in [4.69, 9.17) is 0 Å². The van der Waals surface area contributed by atoms with Crippen LogP contribution in [0.15, 0.2) is 41.3 Å². The maximum Gasteiger partial charge on any atom is 0.275 e. The van der Waals surface area contributed by atoms with E-state index in [0.29, 0.717) is 29.3 Å². The SMILES string of the molecule is CC(C)Nc1nccc(-c2c(-c3ccc(F)cc3)c(=O)n3n2CCC3)n1. The van der Waals surface area contributed by atoms with Crippen LogP contribution in [-0.2, 0) is 13.1 Å². The van der Waals surface area contributed by atoms with Gasteiger partial charge >= 0.3 is 0 Å². The molecule has 6 nitrogen and oxygen atoms in total. The summed E-state index contributed by atoms with van der Waals surface area (Å²) in [6, 6.07) is 8.03. The predicted octanol–water partition coefficient (Wildman–Crippen LogP) is 3.14. The number of benzene rings is 1. The Labute approximate surface area is 150 Å². The highest BCUT2D eigenvalue weighted by atomic mass is 19.1. The Morgan fingerprint density at radius 1 is 1.12 bits per heavy atom. The largest absolute Gasteiger partial charge is 0.352 e. The molecule has 3 heterocycles. The standard InChI is InChI=1S/C19H20FN5O/c1-12(2)22-19-21-9-8-15(23-19)17-16(13-4-6-14(20)7-5-13)18(26)25-11-3-10-24(17)25/h4-9,12H,3,10-11H2,1-2H3,(H,21,22,23). The fourth-order valence-electron chi connectivity index (χ4n) is 3.37. The van der Waals surface area contributed by atoms with Gasteiger partial charge in [-0.1, -0.05) is 12.1 Å². The van der Waals surface area contributed by atoms with Crippen LogP contribution in [0.5, 0.6) is 0 Å². The van der Waals surface area contributed by atoms with Crippen molar-refractivity contribution in [1.29, 1.82) is 0 Å². The van der Waals surface area contributed by atoms with Gasteiger partial charge in [-0.2, -0.15) is 0 Å². The van der Waals surface area contributed by atoms with Gasteiger partial charge in [0, 0.05) is 25.3 Å². The summed E-state index contributed by atoms with van der Waals surface area (Å²) in [5.74, 6) is 0.196. The van der Waals surface area contributed by atoms with Gasteiger partial charge in [-0.25, -0.2) is 19.0 Å². The average molecular weight is 353 g/mol. The molecule has 26 heavy (non-hydrogen) atoms. The first kappa shape index (κ1) is 16.5. The number of hydrogen-bond acceptors (Lipinski definition) is 4. The molecule has 3 aromatic rings. The molecule has 0 radical (unpaired) electrons. The second-order valence-corrected chi connectivity index (χ2v) is 6.70. The maximum atomic E-state index is 13.3. The third kappa shape index (κ3) is 2.79. The highest BCUT2D eigenvalue weighted by Gasteiger charge is 2.26. The Balaban J connectivity index is 1.92. The van der Waals surface area contributed by atoms with Crippen molar-refractivity contribution >= 4 is 5.95 Å². The van der Waals surface area contributed by atoms with Gasteiger partial charge < -0.3 is 5.32 Å². The summed E-state index contributed by atoms with van der Waals surface area (Å²) in [5, 5.41) is 3.19. The van der Waals surface area contributed by atoms with Gasteiger partial charge in [0.25, 0.3) is 5.56 Å². The topological polar surface area (TPSA) is 64.7 Å². The van der Waals surface area contributed by atoms with Crippen LogP contribution >= 0.6 is 0 Å². The van der Waals surface area contributed by atoms with Crippen molar-refractivity contribution in [3.05, 3.63) is 52.7 Å². The van der Waals surface area contributed by atoms with Crippen LogP contribution in [-0.4, -0.2) is 25.4 Å². The summed E-state index contributed by atoms with van der Waals surface area (Å²) in [6.07, 6.45) is 2.60. The Kier molecular flexibility index (Phi) is 4.06. The molecule has 0 saturated carbocycles. The highest BCUT2D eigenvalue weighted by molar-refractivity contribution is 5.79. The summed E-state index contributed by atoms with van der Waals surface area (Å²) in [7, 11) is 0. The summed E-state index contributed by atoms with van der Waals surface area (Å²) in [5.41, 5.74) is 2.62. The lowest BCUT2D eigenvalue weighted by Gasteiger charge is -2.11. The molecular weight excluding hydrogens is 333 g/mol. The fourth-order valence-corrected chi connectivity index (χ4v) is 3.37. The van der Waals surface area contributed by atoms with E-state index < -0.39 is 0 Å². The molecule has 1 aliphatic rings. The van der Waals surface area contributed by atoms with Crippen molar-refractivity contribution in [3.8, 4) is 22.5 Å². The third-order valence-electron chi connectivity index (χ3n) is 4.42. The zero-order valence-corrected chi connectivity index (χ0v) is 14.7. The van der Waals surface area contributed by atoms with Crippen molar-refractivity contribution < 1.29 is 4.39 Å². The molecule has 2 aromatic heterocycles. The van der Waals surface area contributed by atoms with Crippen molar-refractivity contribution in [2.75, 3.05) is 5.32 Å². The number of fused-ring (bicyclic) bond motifs is 1. The molecule has 0 spiro atoms. The predicted molar refractivity (Wildman–Crippen MR) is 98.5 cm³/mol. The smallest absolute Gasteiger partial charge is 0.275 e. The highest BCUT2D eigenvalue weighted by Crippen LogP contribution is 2.31. The van der Waals surface area contributed by atoms with E-state index in [1.807, 2.05) is 18.5 Å². The lowest BCUT2D eigenvalue weighted by atomic mass is 10.0. The number of anilines is 1. The minimum absolute atomic E-state index is 0.0684. The van der Waals surface area contributed by atoms with Gasteiger partial charge in [-0.05, 0) is 44.0 Å². The van der Waals surface area contributed by atoms with E-state index in [1.165, 1.54) is 12.1 Å². The molecule has 0 aliphatic carbocycles. The Hall–Kier alpha value is -2.96. The van der Waals surface area contributed by atoms with Gasteiger partial charge in [-0.3, -0.25) is 9.48 Å². The van der Waals surface area contributed by atoms with Crippen LogP contribution < -0.4 is 10.9 Å². The van der Waals surface area contributed by atoms with E-state index in [1.54, 1.807) is 29.1 Å². The van der Waals surface area contributed by atoms with Gasteiger partial charge in [0.1, 0.15) is 5.82 Å². The molecule has 7 heteroatoms. The Morgan fingerprint density at radius 3 is 2.58 bits per heavy atom. The first-order valence-corrected chi connectivity index (χ1v) is 8.74. The lowest BCUT2D eigenvalue weighted by molar-refractivity contribution is 0.599. The van der Waals surface area contributed by atoms with Gasteiger partial charge in [-0.15, -0.1) is 0 Å². The summed E-state index contributed by atoms with van der Waals surface area (Å²) in [4.78, 5) is 21.9. The lowest BCUT2D eigenvalue weighted by Crippen LogP contribution is -2.17. The normalized spacial score (nSPS) is 13.2. The van der Waals surface area contributed by atoms with Crippen LogP contribution in [0.4, 0.5) is 10.3 Å². The first-order chi connectivity index (χ1) is 12.5. The second-order valence-electron chi connectivity index (χ2n) is 6.70. The molecule has 1 N–H and O–H groups in total. The van der Waals surface area contributed by atoms with Gasteiger partial charge in [0.15, 0.2) is 0 Å². The minimum Gasteiger partial charge on any atom is -0.352 e. The first-order valence-electron chi connectivity index (χ1n) is 8.74. The molecule has 0 saturated heterocycles. The monoisotopic (exact) mass is 353 g/mol. The van der Waals surface area contributed by atoms with Crippen molar-refractivity contribution in [1.82, 2.24) is 19.3 Å². The molecule has 1 aliphatic heterocycles. The summed E-state index contributed by atoms with van der Waals surface area (Å²) < 4.78 is 17.1. The molecule has 134 valence electrons. The van der Waals surface area contributed by atoms with Crippen LogP contribution in [0.25, 0.3) is 22.5 Å². The van der Waals surface area contributed by atoms with Crippen LogP contribution in [0.2, 0.25) is 0 Å². The molecule has 0 unspecified atom stereocenters. The number of aromatic nitrogens is 4. The van der Waals surface area contributed by atoms with Crippen molar-refractivity contribution in [2.45, 2.75) is 39.4 Å². The molecule has 0 fully saturated rings.